The highest BCUT2D eigenvalue weighted by atomic mass is 16.3. The number of fused-ring (bicyclic) bond motifs is 1. The van der Waals surface area contributed by atoms with Crippen LogP contribution in [-0.4, -0.2) is 45.9 Å². The van der Waals surface area contributed by atoms with Crippen LogP contribution in [0, 0.1) is 0 Å². The lowest BCUT2D eigenvalue weighted by atomic mass is 10.0. The minimum atomic E-state index is -0.714. The molecule has 5 aromatic rings. The fourth-order valence-electron chi connectivity index (χ4n) is 4.43. The molecule has 39 heavy (non-hydrogen) atoms. The molecule has 0 saturated carbocycles. The number of benzene rings is 2. The Morgan fingerprint density at radius 2 is 1.46 bits per heavy atom. The van der Waals surface area contributed by atoms with Gasteiger partial charge in [-0.25, -0.2) is 14.8 Å². The number of amides is 3. The molecule has 0 spiro atoms. The number of nitrogens with zero attached hydrogens (tertiary/aromatic N) is 3. The topological polar surface area (TPSA) is 114 Å². The van der Waals surface area contributed by atoms with Crippen LogP contribution < -0.4 is 10.6 Å². The average Bonchev–Trinajstić information content (AvgIpc) is 3.68. The van der Waals surface area contributed by atoms with Gasteiger partial charge in [0.1, 0.15) is 17.4 Å². The fraction of sp³-hybridized carbons (Fsp3) is 0.200. The summed E-state index contributed by atoms with van der Waals surface area (Å²) in [7, 11) is 0. The Morgan fingerprint density at radius 3 is 2.05 bits per heavy atom. The molecule has 9 heteroatoms. The Morgan fingerprint density at radius 1 is 0.821 bits per heavy atom. The van der Waals surface area contributed by atoms with E-state index in [-0.39, 0.29) is 5.91 Å². The third-order valence-electron chi connectivity index (χ3n) is 6.39. The summed E-state index contributed by atoms with van der Waals surface area (Å²) in [5.41, 5.74) is 3.74. The molecule has 0 unspecified atom stereocenters. The molecule has 0 bridgehead atoms. The van der Waals surface area contributed by atoms with Crippen molar-refractivity contribution in [3.05, 3.63) is 90.9 Å². The number of furan rings is 2. The first-order valence-corrected chi connectivity index (χ1v) is 12.9. The molecule has 0 aliphatic heterocycles. The Bertz CT molecular complexity index is 1550. The predicted molar refractivity (Wildman–Crippen MR) is 149 cm³/mol. The van der Waals surface area contributed by atoms with Gasteiger partial charge in [-0.2, -0.15) is 0 Å². The fourth-order valence-corrected chi connectivity index (χ4v) is 4.43. The van der Waals surface area contributed by atoms with Gasteiger partial charge in [0.25, 0.3) is 0 Å². The molecular weight excluding hydrogens is 494 g/mol. The minimum Gasteiger partial charge on any atom is -0.463 e. The number of urea groups is 1. The zero-order valence-electron chi connectivity index (χ0n) is 21.8. The van der Waals surface area contributed by atoms with Crippen molar-refractivity contribution in [3.8, 4) is 22.9 Å². The molecule has 0 aliphatic carbocycles. The summed E-state index contributed by atoms with van der Waals surface area (Å²) in [6, 6.07) is 20.9. The number of rotatable bonds is 9. The number of carbonyl (C=O) groups is 2. The average molecular weight is 524 g/mol. The number of hydrogen-bond donors (Lipinski definition) is 2. The highest BCUT2D eigenvalue weighted by Gasteiger charge is 2.25. The smallest absolute Gasteiger partial charge is 0.319 e. The molecule has 0 aliphatic rings. The number of carbonyl (C=O) groups excluding carboxylic acids is 2. The highest BCUT2D eigenvalue weighted by molar-refractivity contribution is 5.95. The Balaban J connectivity index is 1.40. The number of nitrogens with one attached hydrogen (secondary N) is 2. The van der Waals surface area contributed by atoms with E-state index in [9.17, 15) is 9.59 Å². The molecule has 3 aromatic heterocycles. The summed E-state index contributed by atoms with van der Waals surface area (Å²) in [6.45, 7) is 4.97. The van der Waals surface area contributed by atoms with Crippen LogP contribution in [-0.2, 0) is 11.2 Å². The molecule has 2 N–H and O–H groups in total. The summed E-state index contributed by atoms with van der Waals surface area (Å²) in [4.78, 5) is 37.5. The Labute approximate surface area is 225 Å². The number of likely N-dealkylation sites (N-methyl/N-ethyl adjacent to an activating group) is 1. The van der Waals surface area contributed by atoms with Crippen molar-refractivity contribution < 1.29 is 18.4 Å². The van der Waals surface area contributed by atoms with Crippen LogP contribution in [0.3, 0.4) is 0 Å². The van der Waals surface area contributed by atoms with Crippen LogP contribution in [0.4, 0.5) is 10.5 Å². The standard InChI is InChI=1S/C30H29N5O4/c1-3-35(4-2)29(36)24(18-20-10-6-5-7-11-20)34-30(37)31-21-14-15-22-23(19-21)33-28(26-13-9-17-39-26)27(32-22)25-12-8-16-38-25/h5-17,19,24H,3-4,18H2,1-2H3,(H2,31,34,37)/t24-/m0/s1. The summed E-state index contributed by atoms with van der Waals surface area (Å²) in [5.74, 6) is 0.988. The van der Waals surface area contributed by atoms with Gasteiger partial charge in [0.15, 0.2) is 11.5 Å². The summed E-state index contributed by atoms with van der Waals surface area (Å²) >= 11 is 0. The van der Waals surface area contributed by atoms with Crippen LogP contribution in [0.2, 0.25) is 0 Å². The molecule has 3 amide bonds. The molecule has 0 radical (unpaired) electrons. The zero-order chi connectivity index (χ0) is 27.2. The van der Waals surface area contributed by atoms with Gasteiger partial charge in [0.2, 0.25) is 5.91 Å². The summed E-state index contributed by atoms with van der Waals surface area (Å²) in [6.07, 6.45) is 3.53. The number of anilines is 1. The highest BCUT2D eigenvalue weighted by Crippen LogP contribution is 2.32. The van der Waals surface area contributed by atoms with Crippen LogP contribution in [0.15, 0.2) is 94.2 Å². The van der Waals surface area contributed by atoms with E-state index in [2.05, 4.69) is 10.6 Å². The van der Waals surface area contributed by atoms with Gasteiger partial charge in [-0.15, -0.1) is 0 Å². The van der Waals surface area contributed by atoms with E-state index in [0.717, 1.165) is 5.56 Å². The normalized spacial score (nSPS) is 11.7. The van der Waals surface area contributed by atoms with Gasteiger partial charge >= 0.3 is 6.03 Å². The van der Waals surface area contributed by atoms with Crippen LogP contribution in [0.25, 0.3) is 33.9 Å². The molecule has 9 nitrogen and oxygen atoms in total. The van der Waals surface area contributed by atoms with E-state index in [1.165, 1.54) is 0 Å². The van der Waals surface area contributed by atoms with Gasteiger partial charge in [0.05, 0.1) is 23.6 Å². The van der Waals surface area contributed by atoms with E-state index in [4.69, 9.17) is 18.8 Å². The zero-order valence-corrected chi connectivity index (χ0v) is 21.8. The molecule has 198 valence electrons. The third kappa shape index (κ3) is 5.82. The van der Waals surface area contributed by atoms with E-state index in [1.807, 2.05) is 50.2 Å². The lowest BCUT2D eigenvalue weighted by Crippen LogP contribution is -2.50. The van der Waals surface area contributed by atoms with Gasteiger partial charge in [-0.1, -0.05) is 30.3 Å². The summed E-state index contributed by atoms with van der Waals surface area (Å²) < 4.78 is 11.2. The SMILES string of the molecule is CCN(CC)C(=O)[C@H](Cc1ccccc1)NC(=O)Nc1ccc2nc(-c3ccco3)c(-c3ccco3)nc2c1. The second kappa shape index (κ2) is 11.6. The maximum atomic E-state index is 13.2. The predicted octanol–water partition coefficient (Wildman–Crippen LogP) is 5.75. The second-order valence-electron chi connectivity index (χ2n) is 8.93. The van der Waals surface area contributed by atoms with Crippen molar-refractivity contribution >= 4 is 28.7 Å². The van der Waals surface area contributed by atoms with Gasteiger partial charge < -0.3 is 24.4 Å². The van der Waals surface area contributed by atoms with Crippen LogP contribution in [0.1, 0.15) is 19.4 Å². The second-order valence-corrected chi connectivity index (χ2v) is 8.93. The molecule has 3 heterocycles. The summed E-state index contributed by atoms with van der Waals surface area (Å²) in [5, 5.41) is 5.71. The molecule has 0 saturated heterocycles. The molecule has 1 atom stereocenters. The number of hydrogen-bond acceptors (Lipinski definition) is 6. The van der Waals surface area contributed by atoms with Crippen molar-refractivity contribution in [1.82, 2.24) is 20.2 Å². The van der Waals surface area contributed by atoms with Crippen LogP contribution >= 0.6 is 0 Å². The Hall–Kier alpha value is -4.92. The number of aromatic nitrogens is 2. The monoisotopic (exact) mass is 523 g/mol. The maximum absolute atomic E-state index is 13.2. The lowest BCUT2D eigenvalue weighted by Gasteiger charge is -2.26. The lowest BCUT2D eigenvalue weighted by molar-refractivity contribution is -0.132. The largest absolute Gasteiger partial charge is 0.463 e. The molecule has 5 rings (SSSR count). The maximum Gasteiger partial charge on any atom is 0.319 e. The van der Waals surface area contributed by atoms with E-state index in [1.54, 1.807) is 53.8 Å². The quantitative estimate of drug-likeness (QED) is 0.254. The molecular formula is C30H29N5O4. The first-order valence-electron chi connectivity index (χ1n) is 12.9. The van der Waals surface area contributed by atoms with Gasteiger partial charge in [-0.3, -0.25) is 4.79 Å². The van der Waals surface area contributed by atoms with Crippen molar-refractivity contribution in [2.45, 2.75) is 26.3 Å². The minimum absolute atomic E-state index is 0.128. The first-order chi connectivity index (χ1) is 19.1. The van der Waals surface area contributed by atoms with Gasteiger partial charge in [0, 0.05) is 25.2 Å². The van der Waals surface area contributed by atoms with Crippen molar-refractivity contribution in [1.29, 1.82) is 0 Å². The van der Waals surface area contributed by atoms with Crippen molar-refractivity contribution in [2.24, 2.45) is 0 Å². The first kappa shape index (κ1) is 25.7. The van der Waals surface area contributed by atoms with Crippen LogP contribution in [0.5, 0.6) is 0 Å². The van der Waals surface area contributed by atoms with E-state index < -0.39 is 12.1 Å². The van der Waals surface area contributed by atoms with Crippen molar-refractivity contribution in [2.75, 3.05) is 18.4 Å². The molecule has 0 fully saturated rings. The van der Waals surface area contributed by atoms with Gasteiger partial charge in [-0.05, 0) is 61.9 Å². The molecule has 2 aromatic carbocycles. The van der Waals surface area contributed by atoms with E-state index >= 15 is 0 Å². The third-order valence-corrected chi connectivity index (χ3v) is 6.39. The Kier molecular flexibility index (Phi) is 7.68. The van der Waals surface area contributed by atoms with Crippen molar-refractivity contribution in [3.63, 3.8) is 0 Å². The van der Waals surface area contributed by atoms with E-state index in [0.29, 0.717) is 59.1 Å².